The third-order valence-electron chi connectivity index (χ3n) is 12.6. The largest absolute Gasteiger partial charge is 0.462 e. The lowest BCUT2D eigenvalue weighted by atomic mass is 10.1. The van der Waals surface area contributed by atoms with Crippen LogP contribution in [0.1, 0.15) is 284 Å². The molecular weight excluding hydrogens is 865 g/mol. The van der Waals surface area contributed by atoms with E-state index in [1.54, 1.807) is 0 Å². The number of ether oxygens (including phenoxy) is 3. The van der Waals surface area contributed by atoms with Gasteiger partial charge in [0.1, 0.15) is 13.2 Å². The van der Waals surface area contributed by atoms with Crippen LogP contribution in [0.25, 0.3) is 0 Å². The van der Waals surface area contributed by atoms with E-state index in [-0.39, 0.29) is 31.1 Å². The molecule has 0 rings (SSSR count). The Balaban J connectivity index is 4.40. The van der Waals surface area contributed by atoms with Crippen LogP contribution >= 0.6 is 0 Å². The van der Waals surface area contributed by atoms with Crippen LogP contribution in [0.2, 0.25) is 0 Å². The molecule has 1 atom stereocenters. The highest BCUT2D eigenvalue weighted by atomic mass is 16.6. The van der Waals surface area contributed by atoms with Gasteiger partial charge in [0.25, 0.3) is 0 Å². The van der Waals surface area contributed by atoms with Crippen LogP contribution in [0.3, 0.4) is 0 Å². The first-order chi connectivity index (χ1) is 34.5. The SMILES string of the molecule is CC/C=C\C/C=C\C/C=C\CCCCCCCCCCCC(=O)OCC(COC(=O)CCCCCCCC/C=C\C/C=C\C/C=C\CC)OC(=O)CCCCCCCCC/C=C\CCCCCCCC. The van der Waals surface area contributed by atoms with Crippen LogP contribution < -0.4 is 0 Å². The molecule has 0 spiro atoms. The summed E-state index contributed by atoms with van der Waals surface area (Å²) in [4.78, 5) is 38.2. The van der Waals surface area contributed by atoms with Gasteiger partial charge in [0.2, 0.25) is 0 Å². The maximum Gasteiger partial charge on any atom is 0.306 e. The Morgan fingerprint density at radius 2 is 0.557 bits per heavy atom. The molecule has 0 aromatic heterocycles. The summed E-state index contributed by atoms with van der Waals surface area (Å²) in [6.45, 7) is 6.42. The van der Waals surface area contributed by atoms with Crippen LogP contribution in [-0.2, 0) is 28.6 Å². The van der Waals surface area contributed by atoms with Gasteiger partial charge in [-0.2, -0.15) is 0 Å². The van der Waals surface area contributed by atoms with Gasteiger partial charge in [-0.25, -0.2) is 0 Å². The number of hydrogen-bond acceptors (Lipinski definition) is 6. The van der Waals surface area contributed by atoms with Crippen molar-refractivity contribution in [1.82, 2.24) is 0 Å². The highest BCUT2D eigenvalue weighted by Crippen LogP contribution is 2.15. The number of carbonyl (C=O) groups is 3. The van der Waals surface area contributed by atoms with Gasteiger partial charge in [0, 0.05) is 19.3 Å². The second-order valence-corrected chi connectivity index (χ2v) is 19.5. The molecule has 0 N–H and O–H groups in total. The van der Waals surface area contributed by atoms with Crippen molar-refractivity contribution >= 4 is 17.9 Å². The number of hydrogen-bond donors (Lipinski definition) is 0. The Labute approximate surface area is 433 Å². The number of carbonyl (C=O) groups excluding carboxylic acids is 3. The molecule has 6 heteroatoms. The van der Waals surface area contributed by atoms with Gasteiger partial charge in [0.15, 0.2) is 6.10 Å². The van der Waals surface area contributed by atoms with Crippen molar-refractivity contribution in [3.63, 3.8) is 0 Å². The molecule has 0 saturated carbocycles. The molecule has 0 radical (unpaired) electrons. The van der Waals surface area contributed by atoms with Crippen molar-refractivity contribution in [3.05, 3.63) is 85.1 Å². The highest BCUT2D eigenvalue weighted by Gasteiger charge is 2.19. The van der Waals surface area contributed by atoms with Gasteiger partial charge in [-0.3, -0.25) is 14.4 Å². The zero-order chi connectivity index (χ0) is 50.7. The molecule has 1 unspecified atom stereocenters. The lowest BCUT2D eigenvalue weighted by molar-refractivity contribution is -0.167. The van der Waals surface area contributed by atoms with E-state index in [4.69, 9.17) is 14.2 Å². The van der Waals surface area contributed by atoms with Gasteiger partial charge in [0.05, 0.1) is 0 Å². The van der Waals surface area contributed by atoms with Gasteiger partial charge >= 0.3 is 17.9 Å². The van der Waals surface area contributed by atoms with E-state index in [1.807, 2.05) is 0 Å². The number of allylic oxidation sites excluding steroid dienone is 14. The van der Waals surface area contributed by atoms with E-state index in [0.717, 1.165) is 103 Å². The van der Waals surface area contributed by atoms with E-state index >= 15 is 0 Å². The quantitative estimate of drug-likeness (QED) is 0.0261. The van der Waals surface area contributed by atoms with Crippen molar-refractivity contribution in [2.45, 2.75) is 290 Å². The zero-order valence-corrected chi connectivity index (χ0v) is 46.0. The predicted molar refractivity (Wildman–Crippen MR) is 302 cm³/mol. The third-order valence-corrected chi connectivity index (χ3v) is 12.6. The van der Waals surface area contributed by atoms with Gasteiger partial charge in [-0.1, -0.05) is 241 Å². The number of unbranched alkanes of at least 4 members (excludes halogenated alkanes) is 28. The normalized spacial score (nSPS) is 12.7. The summed E-state index contributed by atoms with van der Waals surface area (Å²) < 4.78 is 16.9. The smallest absolute Gasteiger partial charge is 0.306 e. The molecule has 0 aliphatic carbocycles. The van der Waals surface area contributed by atoms with Gasteiger partial charge in [-0.05, 0) is 109 Å². The second kappa shape index (κ2) is 58.2. The van der Waals surface area contributed by atoms with Crippen LogP contribution in [0.4, 0.5) is 0 Å². The third kappa shape index (κ3) is 55.5. The summed E-state index contributed by atoms with van der Waals surface area (Å²) in [6, 6.07) is 0. The van der Waals surface area contributed by atoms with Crippen molar-refractivity contribution < 1.29 is 28.6 Å². The first-order valence-electron chi connectivity index (χ1n) is 29.6. The van der Waals surface area contributed by atoms with Crippen LogP contribution in [0, 0.1) is 0 Å². The van der Waals surface area contributed by atoms with Gasteiger partial charge < -0.3 is 14.2 Å². The Kier molecular flexibility index (Phi) is 55.3. The van der Waals surface area contributed by atoms with Crippen LogP contribution in [0.15, 0.2) is 85.1 Å². The lowest BCUT2D eigenvalue weighted by Crippen LogP contribution is -2.30. The summed E-state index contributed by atoms with van der Waals surface area (Å²) >= 11 is 0. The standard InChI is InChI=1S/C64H110O6/c1-4-7-10-13-16-19-22-25-28-31-32-34-36-39-42-45-48-51-54-57-63(66)69-60-61(59-68-62(65)56-53-50-47-44-41-38-35-30-27-24-21-18-15-12-9-6-3)70-64(67)58-55-52-49-46-43-40-37-33-29-26-23-20-17-14-11-8-5-2/h7,9-10,12,16,18-19,21,25-30,61H,4-6,8,11,13-15,17,20,22-24,31-60H2,1-3H3/b10-7-,12-9-,19-16-,21-18-,28-25-,29-26-,30-27-. The average Bonchev–Trinajstić information content (AvgIpc) is 3.36. The van der Waals surface area contributed by atoms with E-state index in [2.05, 4.69) is 106 Å². The molecular formula is C64H110O6. The molecule has 0 saturated heterocycles. The topological polar surface area (TPSA) is 78.9 Å². The van der Waals surface area contributed by atoms with Crippen LogP contribution in [-0.4, -0.2) is 37.2 Å². The maximum atomic E-state index is 12.9. The van der Waals surface area contributed by atoms with E-state index < -0.39 is 6.10 Å². The number of rotatable bonds is 53. The molecule has 0 bridgehead atoms. The Morgan fingerprint density at radius 3 is 0.886 bits per heavy atom. The molecule has 402 valence electrons. The second-order valence-electron chi connectivity index (χ2n) is 19.5. The van der Waals surface area contributed by atoms with Crippen molar-refractivity contribution in [2.24, 2.45) is 0 Å². The molecule has 70 heavy (non-hydrogen) atoms. The molecule has 0 aliphatic rings. The van der Waals surface area contributed by atoms with Gasteiger partial charge in [-0.15, -0.1) is 0 Å². The van der Waals surface area contributed by atoms with E-state index in [9.17, 15) is 14.4 Å². The average molecular weight is 976 g/mol. The fourth-order valence-electron chi connectivity index (χ4n) is 8.23. The lowest BCUT2D eigenvalue weighted by Gasteiger charge is -2.18. The van der Waals surface area contributed by atoms with Crippen molar-refractivity contribution in [1.29, 1.82) is 0 Å². The summed E-state index contributed by atoms with van der Waals surface area (Å²) in [7, 11) is 0. The molecule has 0 amide bonds. The molecule has 6 nitrogen and oxygen atoms in total. The minimum absolute atomic E-state index is 0.0849. The van der Waals surface area contributed by atoms with E-state index in [1.165, 1.54) is 141 Å². The Morgan fingerprint density at radius 1 is 0.300 bits per heavy atom. The predicted octanol–water partition coefficient (Wildman–Crippen LogP) is 19.9. The minimum atomic E-state index is -0.788. The van der Waals surface area contributed by atoms with Crippen LogP contribution in [0.5, 0.6) is 0 Å². The summed E-state index contributed by atoms with van der Waals surface area (Å²) in [5.41, 5.74) is 0. The van der Waals surface area contributed by atoms with E-state index in [0.29, 0.717) is 19.3 Å². The first-order valence-corrected chi connectivity index (χ1v) is 29.6. The first kappa shape index (κ1) is 66.6. The number of esters is 3. The fourth-order valence-corrected chi connectivity index (χ4v) is 8.23. The molecule has 0 aromatic rings. The highest BCUT2D eigenvalue weighted by molar-refractivity contribution is 5.71. The summed E-state index contributed by atoms with van der Waals surface area (Å²) in [5, 5.41) is 0. The summed E-state index contributed by atoms with van der Waals surface area (Å²) in [5.74, 6) is -0.899. The zero-order valence-electron chi connectivity index (χ0n) is 46.0. The maximum absolute atomic E-state index is 12.9. The molecule has 0 aliphatic heterocycles. The summed E-state index contributed by atoms with van der Waals surface area (Å²) in [6.07, 6.45) is 75.7. The Bertz CT molecular complexity index is 1350. The van der Waals surface area contributed by atoms with Crippen molar-refractivity contribution in [3.8, 4) is 0 Å². The monoisotopic (exact) mass is 975 g/mol. The Hall–Kier alpha value is -3.41. The fraction of sp³-hybridized carbons (Fsp3) is 0.734. The van der Waals surface area contributed by atoms with Crippen molar-refractivity contribution in [2.75, 3.05) is 13.2 Å². The molecule has 0 aromatic carbocycles. The minimum Gasteiger partial charge on any atom is -0.462 e. The molecule has 0 fully saturated rings. The molecule has 0 heterocycles.